The summed E-state index contributed by atoms with van der Waals surface area (Å²) in [4.78, 5) is 33.7. The average Bonchev–Trinajstić information content (AvgIpc) is 3.87. The lowest BCUT2D eigenvalue weighted by molar-refractivity contribution is -0.145. The summed E-state index contributed by atoms with van der Waals surface area (Å²) in [5.41, 5.74) is 2.10. The Kier molecular flexibility index (Phi) is 16.5. The minimum Gasteiger partial charge on any atom is -0.506 e. The van der Waals surface area contributed by atoms with E-state index in [0.717, 1.165) is 126 Å². The lowest BCUT2D eigenvalue weighted by Gasteiger charge is -2.42. The number of rotatable bonds is 15. The lowest BCUT2D eigenvalue weighted by Crippen LogP contribution is -2.50. The molecule has 3 aliphatic rings. The molecule has 8 rings (SSSR count). The van der Waals surface area contributed by atoms with Crippen LogP contribution < -0.4 is 14.8 Å². The minimum atomic E-state index is -0.492. The van der Waals surface area contributed by atoms with E-state index in [1.807, 2.05) is 109 Å². The Morgan fingerprint density at radius 2 is 0.984 bits per heavy atom. The fourth-order valence-corrected chi connectivity index (χ4v) is 9.46. The quantitative estimate of drug-likeness (QED) is 0.0952. The van der Waals surface area contributed by atoms with Gasteiger partial charge in [-0.25, -0.2) is 0 Å². The number of carbonyl (C=O) groups excluding carboxylic acids is 2. The number of ether oxygens (including phenoxy) is 2. The summed E-state index contributed by atoms with van der Waals surface area (Å²) in [6, 6.07) is 39.8. The van der Waals surface area contributed by atoms with Gasteiger partial charge >= 0.3 is 0 Å². The number of amides is 2. The van der Waals surface area contributed by atoms with E-state index in [9.17, 15) is 19.8 Å². The average molecular weight is 908 g/mol. The molecule has 0 unspecified atom stereocenters. The zero-order valence-electron chi connectivity index (χ0n) is 36.5. The highest BCUT2D eigenvalue weighted by atomic mass is 35.5. The van der Waals surface area contributed by atoms with Crippen LogP contribution in [-0.2, 0) is 22.7 Å². The Balaban J connectivity index is 0.000000192. The number of para-hydroxylation sites is 3. The Hall–Kier alpha value is -5.26. The van der Waals surface area contributed by atoms with Crippen molar-refractivity contribution >= 4 is 40.7 Å². The van der Waals surface area contributed by atoms with Gasteiger partial charge in [0, 0.05) is 31.9 Å². The maximum Gasteiger partial charge on any atom is 0.230 e. The van der Waals surface area contributed by atoms with Gasteiger partial charge in [-0.3, -0.25) is 19.4 Å². The third-order valence-electron chi connectivity index (χ3n) is 13.0. The molecule has 5 aromatic carbocycles. The second kappa shape index (κ2) is 22.6. The predicted octanol–water partition coefficient (Wildman–Crippen LogP) is 10.5. The maximum absolute atomic E-state index is 13.5. The first-order valence-corrected chi connectivity index (χ1v) is 23.3. The van der Waals surface area contributed by atoms with Crippen LogP contribution in [0.15, 0.2) is 127 Å². The van der Waals surface area contributed by atoms with Crippen molar-refractivity contribution in [1.82, 2.24) is 14.7 Å². The van der Waals surface area contributed by atoms with Gasteiger partial charge in [0.05, 0.1) is 34.1 Å². The molecule has 0 aromatic heterocycles. The fourth-order valence-electron chi connectivity index (χ4n) is 9.06. The van der Waals surface area contributed by atoms with Crippen LogP contribution in [0, 0.1) is 10.8 Å². The summed E-state index contributed by atoms with van der Waals surface area (Å²) in [6.45, 7) is 7.64. The summed E-state index contributed by atoms with van der Waals surface area (Å²) >= 11 is 12.1. The standard InChI is InChI=1S/C27H29ClN2O3.C25H31ClN2O3/c28-24-19-21(11-12-25(24)31)20-30-16-13-27(14-17-30,15-18-33-23-9-5-2-6-10-23)26(32)29-22-7-3-1-4-8-22;26-22-18-20(8-9-23(22)29)19-27-15-10-25(11-16-27,24(30)28-13-4-5-14-28)12-17-31-21-6-2-1-3-7-21/h1-12,19,31H,13-18,20H2,(H,29,32);1-3,6-9,18,29H,4-5,10-17,19H2. The molecule has 0 spiro atoms. The highest BCUT2D eigenvalue weighted by Crippen LogP contribution is 2.40. The van der Waals surface area contributed by atoms with Crippen molar-refractivity contribution in [2.24, 2.45) is 10.8 Å². The number of benzene rings is 5. The van der Waals surface area contributed by atoms with E-state index >= 15 is 0 Å². The molecule has 3 fully saturated rings. The number of hydrogen-bond acceptors (Lipinski definition) is 8. The molecule has 3 heterocycles. The number of hydrogen-bond donors (Lipinski definition) is 3. The van der Waals surface area contributed by atoms with Crippen LogP contribution in [0.4, 0.5) is 5.69 Å². The van der Waals surface area contributed by atoms with Crippen molar-refractivity contribution < 1.29 is 29.3 Å². The normalized spacial score (nSPS) is 17.2. The van der Waals surface area contributed by atoms with E-state index in [1.54, 1.807) is 18.2 Å². The van der Waals surface area contributed by atoms with Gasteiger partial charge in [0.1, 0.15) is 23.0 Å². The molecule has 5 aromatic rings. The maximum atomic E-state index is 13.5. The molecule has 0 aliphatic carbocycles. The van der Waals surface area contributed by atoms with E-state index in [4.69, 9.17) is 32.7 Å². The van der Waals surface area contributed by atoms with Gasteiger partial charge < -0.3 is 29.9 Å². The van der Waals surface area contributed by atoms with Crippen molar-refractivity contribution in [3.8, 4) is 23.0 Å². The van der Waals surface area contributed by atoms with Crippen LogP contribution in [-0.4, -0.2) is 89.2 Å². The molecule has 0 saturated carbocycles. The number of piperidine rings is 2. The minimum absolute atomic E-state index is 0.0534. The molecule has 12 heteroatoms. The first-order chi connectivity index (χ1) is 31.1. The van der Waals surface area contributed by atoms with E-state index in [0.29, 0.717) is 35.6 Å². The topological polar surface area (TPSA) is 115 Å². The Morgan fingerprint density at radius 1 is 0.562 bits per heavy atom. The Morgan fingerprint density at radius 3 is 1.44 bits per heavy atom. The van der Waals surface area contributed by atoms with Crippen LogP contribution in [0.1, 0.15) is 62.5 Å². The molecular weight excluding hydrogens is 847 g/mol. The van der Waals surface area contributed by atoms with E-state index in [-0.39, 0.29) is 22.8 Å². The lowest BCUT2D eigenvalue weighted by atomic mass is 9.74. The van der Waals surface area contributed by atoms with Gasteiger partial charge in [0.25, 0.3) is 0 Å². The monoisotopic (exact) mass is 906 g/mol. The van der Waals surface area contributed by atoms with Crippen molar-refractivity contribution in [3.63, 3.8) is 0 Å². The largest absolute Gasteiger partial charge is 0.506 e. The molecule has 3 saturated heterocycles. The molecule has 64 heavy (non-hydrogen) atoms. The fraction of sp³-hybridized carbons (Fsp3) is 0.385. The van der Waals surface area contributed by atoms with Crippen LogP contribution in [0.2, 0.25) is 10.0 Å². The van der Waals surface area contributed by atoms with Gasteiger partial charge in [-0.15, -0.1) is 0 Å². The third kappa shape index (κ3) is 12.7. The first-order valence-electron chi connectivity index (χ1n) is 22.5. The zero-order valence-corrected chi connectivity index (χ0v) is 38.0. The zero-order chi connectivity index (χ0) is 44.8. The van der Waals surface area contributed by atoms with Gasteiger partial charge in [-0.2, -0.15) is 0 Å². The second-order valence-corrected chi connectivity index (χ2v) is 18.1. The molecule has 3 N–H and O–H groups in total. The molecule has 3 aliphatic heterocycles. The summed E-state index contributed by atoms with van der Waals surface area (Å²) in [7, 11) is 0. The molecule has 10 nitrogen and oxygen atoms in total. The number of nitrogens with one attached hydrogen (secondary N) is 1. The molecule has 2 amide bonds. The Labute approximate surface area is 387 Å². The van der Waals surface area contributed by atoms with E-state index in [2.05, 4.69) is 20.0 Å². The summed E-state index contributed by atoms with van der Waals surface area (Å²) in [6.07, 6.45) is 6.78. The van der Waals surface area contributed by atoms with Gasteiger partial charge in [-0.1, -0.05) is 89.9 Å². The SMILES string of the molecule is O=C(N1CCCC1)C1(CCOc2ccccc2)CCN(Cc2ccc(O)c(Cl)c2)CC1.O=C(Nc1ccccc1)C1(CCOc2ccccc2)CCN(Cc2ccc(O)c(Cl)c2)CC1. The van der Waals surface area contributed by atoms with Crippen LogP contribution in [0.5, 0.6) is 23.0 Å². The van der Waals surface area contributed by atoms with Crippen LogP contribution in [0.3, 0.4) is 0 Å². The first kappa shape index (κ1) is 46.7. The number of phenols is 2. The van der Waals surface area contributed by atoms with Crippen molar-refractivity contribution in [3.05, 3.63) is 149 Å². The van der Waals surface area contributed by atoms with E-state index in [1.165, 1.54) is 0 Å². The predicted molar refractivity (Wildman–Crippen MR) is 254 cm³/mol. The Bertz CT molecular complexity index is 2250. The highest BCUT2D eigenvalue weighted by molar-refractivity contribution is 6.32. The number of halogens is 2. The molecule has 338 valence electrons. The van der Waals surface area contributed by atoms with E-state index < -0.39 is 5.41 Å². The van der Waals surface area contributed by atoms with Crippen LogP contribution in [0.25, 0.3) is 0 Å². The van der Waals surface area contributed by atoms with Crippen LogP contribution >= 0.6 is 23.2 Å². The number of aromatic hydroxyl groups is 2. The third-order valence-corrected chi connectivity index (χ3v) is 13.6. The summed E-state index contributed by atoms with van der Waals surface area (Å²) < 4.78 is 11.9. The molecule has 0 radical (unpaired) electrons. The van der Waals surface area contributed by atoms with Gasteiger partial charge in [-0.05, 0) is 149 Å². The molecular formula is C52H60Cl2N4O6. The summed E-state index contributed by atoms with van der Waals surface area (Å²) in [5.74, 6) is 2.24. The molecule has 0 atom stereocenters. The number of phenolic OH excluding ortho intramolecular Hbond substituents is 2. The number of nitrogens with zero attached hydrogens (tertiary/aromatic N) is 3. The van der Waals surface area contributed by atoms with Crippen molar-refractivity contribution in [1.29, 1.82) is 0 Å². The number of anilines is 1. The van der Waals surface area contributed by atoms with Crippen molar-refractivity contribution in [2.75, 3.05) is 57.8 Å². The number of likely N-dealkylation sites (tertiary alicyclic amines) is 3. The van der Waals surface area contributed by atoms with Gasteiger partial charge in [0.2, 0.25) is 11.8 Å². The smallest absolute Gasteiger partial charge is 0.230 e. The number of carbonyl (C=O) groups is 2. The molecule has 0 bridgehead atoms. The summed E-state index contributed by atoms with van der Waals surface area (Å²) in [5, 5.41) is 23.2. The van der Waals surface area contributed by atoms with Gasteiger partial charge in [0.15, 0.2) is 0 Å². The van der Waals surface area contributed by atoms with Crippen molar-refractivity contribution in [2.45, 2.75) is 64.5 Å². The highest BCUT2D eigenvalue weighted by Gasteiger charge is 2.44. The second-order valence-electron chi connectivity index (χ2n) is 17.3.